The first-order valence-electron chi connectivity index (χ1n) is 20.4. The van der Waals surface area contributed by atoms with Gasteiger partial charge in [0.1, 0.15) is 0 Å². The maximum Gasteiger partial charge on any atom is -1.00 e. The molecule has 2 saturated heterocycles. The van der Waals surface area contributed by atoms with E-state index in [2.05, 4.69) is 150 Å². The zero-order valence-corrected chi connectivity index (χ0v) is 38.4. The van der Waals surface area contributed by atoms with Crippen LogP contribution in [0.5, 0.6) is 5.75 Å². The quantitative estimate of drug-likeness (QED) is 0.133. The van der Waals surface area contributed by atoms with Crippen molar-refractivity contribution in [2.75, 3.05) is 36.0 Å². The summed E-state index contributed by atoms with van der Waals surface area (Å²) in [4.78, 5) is 19.1. The molecule has 8 heteroatoms. The van der Waals surface area contributed by atoms with E-state index in [0.29, 0.717) is 23.7 Å². The second-order valence-corrected chi connectivity index (χ2v) is 17.0. The molecule has 5 aromatic rings. The number of benzene rings is 5. The van der Waals surface area contributed by atoms with Gasteiger partial charge in [-0.25, -0.2) is 0 Å². The number of anilines is 2. The fourth-order valence-electron chi connectivity index (χ4n) is 7.91. The smallest absolute Gasteiger partial charge is 1.00 e. The number of nitrogens with zero attached hydrogens (tertiary/aromatic N) is 3. The summed E-state index contributed by atoms with van der Waals surface area (Å²) < 4.78 is 7.70. The molecule has 0 spiro atoms. The summed E-state index contributed by atoms with van der Waals surface area (Å²) in [7, 11) is 0. The summed E-state index contributed by atoms with van der Waals surface area (Å²) in [5, 5.41) is 5.40. The van der Waals surface area contributed by atoms with E-state index >= 15 is 0 Å². The van der Waals surface area contributed by atoms with Gasteiger partial charge in [0, 0.05) is 35.2 Å². The van der Waals surface area contributed by atoms with E-state index in [1.165, 1.54) is 55.2 Å². The number of halogens is 2. The fourth-order valence-corrected chi connectivity index (χ4v) is 8.33. The Bertz CT molecular complexity index is 2020. The van der Waals surface area contributed by atoms with Gasteiger partial charge in [-0.1, -0.05) is 104 Å². The predicted molar refractivity (Wildman–Crippen MR) is 231 cm³/mol. The number of carbonyl (C=O) groups excluding carboxylic acids is 1. The van der Waals surface area contributed by atoms with Crippen LogP contribution in [0.15, 0.2) is 84.9 Å². The molecule has 307 valence electrons. The van der Waals surface area contributed by atoms with Crippen molar-refractivity contribution < 1.29 is 52.2 Å². The zero-order valence-electron chi connectivity index (χ0n) is 35.1. The van der Waals surface area contributed by atoms with E-state index in [1.807, 2.05) is 40.7 Å². The molecule has 5 nitrogen and oxygen atoms in total. The second-order valence-electron chi connectivity index (χ2n) is 16.5. The number of hydrogen-bond acceptors (Lipinski definition) is 4. The Kier molecular flexibility index (Phi) is 16.6. The second kappa shape index (κ2) is 20.5. The SMILES string of the molecule is CC(C)c1ccc2ccc(C(C)C)c(N3[CH-]N(c4c(C(C)C)ccc5ccc(C(C)C)cc45)CC3)c2c1.CC(Oc1ccccc1[CH]=[Ru+])C(=O)N1CCCC1.[Cl-].[Cl-]. The summed E-state index contributed by atoms with van der Waals surface area (Å²) in [5.74, 6) is 2.80. The van der Waals surface area contributed by atoms with Gasteiger partial charge in [-0.2, -0.15) is 6.67 Å². The van der Waals surface area contributed by atoms with Crippen LogP contribution in [0.2, 0.25) is 0 Å². The molecule has 0 radical (unpaired) electrons. The first-order valence-corrected chi connectivity index (χ1v) is 21.4. The molecule has 57 heavy (non-hydrogen) atoms. The maximum atomic E-state index is 12.1. The molecule has 1 unspecified atom stereocenters. The topological polar surface area (TPSA) is 36.0 Å². The van der Waals surface area contributed by atoms with Gasteiger partial charge >= 0.3 is 117 Å². The average molecular weight is 895 g/mol. The Hall–Kier alpha value is -3.44. The third-order valence-corrected chi connectivity index (χ3v) is 11.7. The normalized spacial score (nSPS) is 14.6. The molecule has 0 aromatic heterocycles. The van der Waals surface area contributed by atoms with Gasteiger partial charge in [-0.3, -0.25) is 0 Å². The number of fused-ring (bicyclic) bond motifs is 2. The van der Waals surface area contributed by atoms with Crippen LogP contribution < -0.4 is 39.4 Å². The van der Waals surface area contributed by atoms with Crippen molar-refractivity contribution in [3.8, 4) is 5.75 Å². The van der Waals surface area contributed by atoms with Gasteiger partial charge in [-0.05, 0) is 68.8 Å². The van der Waals surface area contributed by atoms with Crippen LogP contribution in [-0.4, -0.2) is 47.7 Å². The molecule has 7 rings (SSSR count). The Labute approximate surface area is 364 Å². The Balaban J connectivity index is 0.000000304. The van der Waals surface area contributed by atoms with E-state index in [-0.39, 0.29) is 30.7 Å². The molecule has 0 bridgehead atoms. The Morgan fingerprint density at radius 1 is 0.632 bits per heavy atom. The van der Waals surface area contributed by atoms with Crippen molar-refractivity contribution in [1.82, 2.24) is 4.90 Å². The number of rotatable bonds is 10. The van der Waals surface area contributed by atoms with Gasteiger partial charge in [0.2, 0.25) is 0 Å². The molecular weight excluding hydrogens is 835 g/mol. The minimum Gasteiger partial charge on any atom is -1.00 e. The van der Waals surface area contributed by atoms with Gasteiger partial charge in [0.25, 0.3) is 0 Å². The summed E-state index contributed by atoms with van der Waals surface area (Å²) in [5.41, 5.74) is 9.42. The number of hydrogen-bond donors (Lipinski definition) is 0. The van der Waals surface area contributed by atoms with Crippen molar-refractivity contribution in [2.45, 2.75) is 105 Å². The molecule has 2 aliphatic rings. The number of amides is 1. The molecule has 1 amide bonds. The average Bonchev–Trinajstić information content (AvgIpc) is 3.90. The van der Waals surface area contributed by atoms with E-state index in [4.69, 9.17) is 4.74 Å². The van der Waals surface area contributed by atoms with E-state index in [0.717, 1.165) is 50.3 Å². The Morgan fingerprint density at radius 3 is 1.53 bits per heavy atom. The fraction of sp³-hybridized carbons (Fsp3) is 0.408. The third kappa shape index (κ3) is 10.4. The summed E-state index contributed by atoms with van der Waals surface area (Å²) in [6, 6.07) is 31.1. The van der Waals surface area contributed by atoms with Crippen LogP contribution in [0.3, 0.4) is 0 Å². The largest absolute Gasteiger partial charge is 1.00 e. The number of likely N-dealkylation sites (tertiary alicyclic amines) is 1. The van der Waals surface area contributed by atoms with Crippen molar-refractivity contribution in [1.29, 1.82) is 0 Å². The van der Waals surface area contributed by atoms with Crippen LogP contribution in [0, 0.1) is 6.67 Å². The monoisotopic (exact) mass is 894 g/mol. The molecule has 5 aromatic carbocycles. The zero-order chi connectivity index (χ0) is 39.4. The van der Waals surface area contributed by atoms with Crippen molar-refractivity contribution in [3.05, 3.63) is 119 Å². The minimum atomic E-state index is -0.421. The van der Waals surface area contributed by atoms with E-state index in [1.54, 1.807) is 0 Å². The summed E-state index contributed by atoms with van der Waals surface area (Å²) in [6.45, 7) is 26.4. The van der Waals surface area contributed by atoms with Crippen LogP contribution in [-0.2, 0) is 22.6 Å². The van der Waals surface area contributed by atoms with Crippen molar-refractivity contribution in [3.63, 3.8) is 0 Å². The van der Waals surface area contributed by atoms with Crippen LogP contribution in [0.1, 0.15) is 127 Å². The van der Waals surface area contributed by atoms with Gasteiger partial charge in [0.15, 0.2) is 0 Å². The molecule has 1 atom stereocenters. The number of ether oxygens (including phenoxy) is 1. The minimum absolute atomic E-state index is 0. The Morgan fingerprint density at radius 2 is 1.09 bits per heavy atom. The predicted octanol–water partition coefficient (Wildman–Crippen LogP) is 5.71. The molecule has 0 aliphatic carbocycles. The third-order valence-electron chi connectivity index (χ3n) is 11.2. The maximum absolute atomic E-state index is 12.1. The van der Waals surface area contributed by atoms with Crippen LogP contribution in [0.25, 0.3) is 21.5 Å². The molecule has 2 aliphatic heterocycles. The van der Waals surface area contributed by atoms with E-state index in [9.17, 15) is 4.79 Å². The van der Waals surface area contributed by atoms with Crippen LogP contribution in [0.4, 0.5) is 11.4 Å². The summed E-state index contributed by atoms with van der Waals surface area (Å²) in [6.07, 6.45) is 1.79. The van der Waals surface area contributed by atoms with Gasteiger partial charge < -0.3 is 34.6 Å². The number of para-hydroxylation sites is 1. The molecular formula is C49H60Cl2N3O2Ru-2. The van der Waals surface area contributed by atoms with Gasteiger partial charge in [0.05, 0.1) is 0 Å². The van der Waals surface area contributed by atoms with Crippen molar-refractivity contribution in [2.24, 2.45) is 0 Å². The molecule has 0 N–H and O–H groups in total. The molecule has 0 saturated carbocycles. The molecule has 2 fully saturated rings. The number of carbonyl (C=O) groups is 1. The van der Waals surface area contributed by atoms with E-state index < -0.39 is 6.10 Å². The van der Waals surface area contributed by atoms with Gasteiger partial charge in [-0.15, -0.1) is 0 Å². The first kappa shape index (κ1) is 46.3. The standard InChI is InChI=1S/C35H43N2.C14H17NO2.2ClH.Ru/c1-22(2)28-11-9-26-13-15-30(24(5)6)34(32(26)19-28)36-17-18-37(21-36)35-31(25(7)8)16-14-27-10-12-29(23(3)4)20-33(27)35;1-11-7-3-4-8-13(11)17-12(2)14(16)15-9-5-6-10-15;;;/h9-16,19-25H,17-18H2,1-8H3;1,3-4,7-8,12H,5-6,9-10H2,2H3;2*1H;/q-1;;;;+1/p-2. The molecule has 2 heterocycles. The van der Waals surface area contributed by atoms with Crippen molar-refractivity contribution >= 4 is 43.4 Å². The first-order chi connectivity index (χ1) is 26.4. The van der Waals surface area contributed by atoms with Crippen LogP contribution >= 0.6 is 0 Å². The summed E-state index contributed by atoms with van der Waals surface area (Å²) >= 11 is 2.47.